The summed E-state index contributed by atoms with van der Waals surface area (Å²) < 4.78 is 14.4. The predicted octanol–water partition coefficient (Wildman–Crippen LogP) is 1.04. The second-order valence-electron chi connectivity index (χ2n) is 4.85. The highest BCUT2D eigenvalue weighted by Crippen LogP contribution is 2.13. The summed E-state index contributed by atoms with van der Waals surface area (Å²) in [4.78, 5) is 40.8. The number of rotatable bonds is 10. The van der Waals surface area contributed by atoms with Crippen LogP contribution in [-0.4, -0.2) is 68.4 Å². The number of ether oxygens (including phenoxy) is 3. The first-order valence-corrected chi connectivity index (χ1v) is 8.59. The molecule has 0 aliphatic rings. The Hall–Kier alpha value is -2.20. The number of carbonyl (C=O) groups excluding carboxylic acids is 3. The van der Waals surface area contributed by atoms with Crippen LogP contribution in [0.25, 0.3) is 0 Å². The van der Waals surface area contributed by atoms with E-state index in [-0.39, 0.29) is 25.4 Å². The second kappa shape index (κ2) is 11.4. The Kier molecular flexibility index (Phi) is 9.48. The molecule has 1 N–H and O–H groups in total. The molecule has 0 fully saturated rings. The molecule has 1 aromatic heterocycles. The minimum atomic E-state index is -0.528. The van der Waals surface area contributed by atoms with Gasteiger partial charge in [0.2, 0.25) is 0 Å². The summed E-state index contributed by atoms with van der Waals surface area (Å²) in [6, 6.07) is -0.418. The van der Waals surface area contributed by atoms with E-state index in [0.717, 1.165) is 0 Å². The molecule has 140 valence electrons. The SMILES string of the molecule is CCOC(=O)CNC(=O)N(CCCOC)Cc1nc(C(=O)OC)cs1. The number of nitrogens with one attached hydrogen (secondary N) is 1. The van der Waals surface area contributed by atoms with Crippen molar-refractivity contribution in [2.75, 3.05) is 40.5 Å². The van der Waals surface area contributed by atoms with E-state index >= 15 is 0 Å². The number of hydrogen-bond donors (Lipinski definition) is 1. The zero-order valence-electron chi connectivity index (χ0n) is 14.6. The van der Waals surface area contributed by atoms with Gasteiger partial charge in [-0.1, -0.05) is 0 Å². The Morgan fingerprint density at radius 1 is 1.32 bits per heavy atom. The van der Waals surface area contributed by atoms with E-state index in [4.69, 9.17) is 9.47 Å². The van der Waals surface area contributed by atoms with Crippen molar-refractivity contribution in [1.82, 2.24) is 15.2 Å². The normalized spacial score (nSPS) is 10.2. The summed E-state index contributed by atoms with van der Waals surface area (Å²) in [5.74, 6) is -1.03. The summed E-state index contributed by atoms with van der Waals surface area (Å²) >= 11 is 1.25. The van der Waals surface area contributed by atoms with Crippen LogP contribution in [0.4, 0.5) is 4.79 Å². The van der Waals surface area contributed by atoms with Gasteiger partial charge in [0.25, 0.3) is 0 Å². The van der Waals surface area contributed by atoms with Crippen LogP contribution in [0.15, 0.2) is 5.38 Å². The lowest BCUT2D eigenvalue weighted by molar-refractivity contribution is -0.141. The molecule has 0 saturated heterocycles. The Morgan fingerprint density at radius 2 is 2.08 bits per heavy atom. The maximum atomic E-state index is 12.3. The van der Waals surface area contributed by atoms with Crippen LogP contribution in [0, 0.1) is 0 Å². The smallest absolute Gasteiger partial charge is 0.357 e. The fraction of sp³-hybridized carbons (Fsp3) is 0.600. The summed E-state index contributed by atoms with van der Waals surface area (Å²) in [6.07, 6.45) is 0.624. The van der Waals surface area contributed by atoms with Crippen molar-refractivity contribution in [3.63, 3.8) is 0 Å². The van der Waals surface area contributed by atoms with E-state index in [2.05, 4.69) is 15.0 Å². The molecule has 0 aliphatic heterocycles. The number of aromatic nitrogens is 1. The van der Waals surface area contributed by atoms with Gasteiger partial charge in [0.05, 0.1) is 20.3 Å². The monoisotopic (exact) mass is 373 g/mol. The van der Waals surface area contributed by atoms with Crippen molar-refractivity contribution in [2.45, 2.75) is 19.9 Å². The number of nitrogens with zero attached hydrogens (tertiary/aromatic N) is 2. The fourth-order valence-electron chi connectivity index (χ4n) is 1.87. The summed E-state index contributed by atoms with van der Waals surface area (Å²) in [7, 11) is 2.86. The van der Waals surface area contributed by atoms with Gasteiger partial charge >= 0.3 is 18.0 Å². The Labute approximate surface area is 150 Å². The van der Waals surface area contributed by atoms with Crippen LogP contribution in [0.2, 0.25) is 0 Å². The van der Waals surface area contributed by atoms with Crippen LogP contribution >= 0.6 is 11.3 Å². The molecule has 2 amide bonds. The summed E-state index contributed by atoms with van der Waals surface area (Å²) in [6.45, 7) is 2.85. The molecule has 25 heavy (non-hydrogen) atoms. The lowest BCUT2D eigenvalue weighted by Crippen LogP contribution is -2.42. The molecular weight excluding hydrogens is 350 g/mol. The quantitative estimate of drug-likeness (QED) is 0.482. The molecule has 0 aromatic carbocycles. The predicted molar refractivity (Wildman–Crippen MR) is 90.4 cm³/mol. The molecule has 10 heteroatoms. The van der Waals surface area contributed by atoms with Gasteiger partial charge in [-0.05, 0) is 13.3 Å². The largest absolute Gasteiger partial charge is 0.465 e. The lowest BCUT2D eigenvalue weighted by Gasteiger charge is -2.21. The lowest BCUT2D eigenvalue weighted by atomic mass is 10.4. The van der Waals surface area contributed by atoms with Crippen molar-refractivity contribution in [3.05, 3.63) is 16.1 Å². The van der Waals surface area contributed by atoms with Crippen LogP contribution in [0.1, 0.15) is 28.8 Å². The van der Waals surface area contributed by atoms with Gasteiger partial charge in [-0.2, -0.15) is 0 Å². The van der Waals surface area contributed by atoms with Gasteiger partial charge in [-0.15, -0.1) is 11.3 Å². The molecule has 0 unspecified atom stereocenters. The molecule has 1 heterocycles. The maximum Gasteiger partial charge on any atom is 0.357 e. The highest BCUT2D eigenvalue weighted by atomic mass is 32.1. The average Bonchev–Trinajstić information content (AvgIpc) is 3.07. The highest BCUT2D eigenvalue weighted by Gasteiger charge is 2.18. The number of esters is 2. The Morgan fingerprint density at radius 3 is 2.72 bits per heavy atom. The molecule has 9 nitrogen and oxygen atoms in total. The molecular formula is C15H23N3O6S. The van der Waals surface area contributed by atoms with Crippen LogP contribution in [0.3, 0.4) is 0 Å². The summed E-state index contributed by atoms with van der Waals surface area (Å²) in [5, 5.41) is 4.67. The van der Waals surface area contributed by atoms with Crippen molar-refractivity contribution < 1.29 is 28.6 Å². The van der Waals surface area contributed by atoms with E-state index in [0.29, 0.717) is 24.6 Å². The minimum Gasteiger partial charge on any atom is -0.465 e. The molecule has 0 spiro atoms. The van der Waals surface area contributed by atoms with Gasteiger partial charge in [0.1, 0.15) is 11.6 Å². The van der Waals surface area contributed by atoms with E-state index in [1.807, 2.05) is 0 Å². The van der Waals surface area contributed by atoms with Gasteiger partial charge in [0, 0.05) is 25.6 Å². The van der Waals surface area contributed by atoms with Crippen LogP contribution in [-0.2, 0) is 25.5 Å². The van der Waals surface area contributed by atoms with Gasteiger partial charge in [-0.25, -0.2) is 14.6 Å². The molecule has 0 bridgehead atoms. The third-order valence-electron chi connectivity index (χ3n) is 3.03. The molecule has 1 aromatic rings. The number of urea groups is 1. The minimum absolute atomic E-state index is 0.200. The van der Waals surface area contributed by atoms with Crippen molar-refractivity contribution in [1.29, 1.82) is 0 Å². The number of carbonyl (C=O) groups is 3. The van der Waals surface area contributed by atoms with Crippen molar-refractivity contribution in [2.24, 2.45) is 0 Å². The van der Waals surface area contributed by atoms with E-state index in [1.54, 1.807) is 19.4 Å². The Bertz CT molecular complexity index is 577. The third kappa shape index (κ3) is 7.48. The van der Waals surface area contributed by atoms with Gasteiger partial charge in [0.15, 0.2) is 5.69 Å². The first kappa shape index (κ1) is 20.8. The first-order valence-electron chi connectivity index (χ1n) is 7.71. The van der Waals surface area contributed by atoms with Crippen molar-refractivity contribution in [3.8, 4) is 0 Å². The molecule has 1 rings (SSSR count). The first-order chi connectivity index (χ1) is 12.0. The van der Waals surface area contributed by atoms with Crippen molar-refractivity contribution >= 4 is 29.3 Å². The molecule has 0 atom stereocenters. The van der Waals surface area contributed by atoms with Crippen LogP contribution < -0.4 is 5.32 Å². The van der Waals surface area contributed by atoms with Gasteiger partial charge < -0.3 is 24.4 Å². The standard InChI is InChI=1S/C15H23N3O6S/c1-4-24-13(19)8-16-15(21)18(6-5-7-22-2)9-12-17-11(10-25-12)14(20)23-3/h10H,4-9H2,1-3H3,(H,16,21). The maximum absolute atomic E-state index is 12.3. The zero-order chi connectivity index (χ0) is 18.7. The third-order valence-corrected chi connectivity index (χ3v) is 3.86. The molecule has 0 radical (unpaired) electrons. The number of amides is 2. The van der Waals surface area contributed by atoms with E-state index in [9.17, 15) is 14.4 Å². The average molecular weight is 373 g/mol. The Balaban J connectivity index is 2.68. The van der Waals surface area contributed by atoms with Gasteiger partial charge in [-0.3, -0.25) is 4.79 Å². The summed E-state index contributed by atoms with van der Waals surface area (Å²) in [5.41, 5.74) is 0.200. The number of thiazole rings is 1. The molecule has 0 aliphatic carbocycles. The van der Waals surface area contributed by atoms with E-state index in [1.165, 1.54) is 23.3 Å². The number of hydrogen-bond acceptors (Lipinski definition) is 8. The number of methoxy groups -OCH3 is 2. The topological polar surface area (TPSA) is 107 Å². The van der Waals surface area contributed by atoms with E-state index < -0.39 is 18.0 Å². The fourth-order valence-corrected chi connectivity index (χ4v) is 2.65. The zero-order valence-corrected chi connectivity index (χ0v) is 15.4. The highest BCUT2D eigenvalue weighted by molar-refractivity contribution is 7.09. The second-order valence-corrected chi connectivity index (χ2v) is 5.79. The molecule has 0 saturated carbocycles. The van der Waals surface area contributed by atoms with Crippen LogP contribution in [0.5, 0.6) is 0 Å².